The summed E-state index contributed by atoms with van der Waals surface area (Å²) in [4.78, 5) is 4.57. The lowest BCUT2D eigenvalue weighted by atomic mass is 9.33. The summed E-state index contributed by atoms with van der Waals surface area (Å²) in [6, 6.07) is 68.2. The van der Waals surface area contributed by atoms with Gasteiger partial charge in [-0.3, -0.25) is 0 Å². The molecule has 0 aliphatic carbocycles. The number of furan rings is 1. The van der Waals surface area contributed by atoms with E-state index in [1.807, 2.05) is 103 Å². The Labute approximate surface area is 593 Å². The van der Waals surface area contributed by atoms with Crippen LogP contribution in [-0.4, -0.2) is 15.8 Å². The molecule has 5 aromatic heterocycles. The number of fused-ring (bicyclic) bond motifs is 19. The largest absolute Gasteiger partial charge is 0.456 e. The van der Waals surface area contributed by atoms with Crippen molar-refractivity contribution in [3.05, 3.63) is 321 Å². The van der Waals surface area contributed by atoms with Crippen molar-refractivity contribution in [2.45, 2.75) is 0 Å². The van der Waals surface area contributed by atoms with Crippen LogP contribution in [0.2, 0.25) is 0 Å². The summed E-state index contributed by atoms with van der Waals surface area (Å²) in [5.74, 6) is 0. The first kappa shape index (κ1) is 40.9. The van der Waals surface area contributed by atoms with Crippen molar-refractivity contribution >= 4 is 186 Å². The fraction of sp³-hybridized carbons (Fsp3) is 0. The van der Waals surface area contributed by atoms with Crippen molar-refractivity contribution in [3.8, 4) is 44.8 Å². The summed E-state index contributed by atoms with van der Waals surface area (Å²) in [7, 11) is 0. The number of para-hydroxylation sites is 5. The number of hydrogen-bond acceptors (Lipinski definition) is 5. The topological polar surface area (TPSA) is 29.5 Å². The maximum Gasteiger partial charge on any atom is 0.252 e. The van der Waals surface area contributed by atoms with Crippen LogP contribution in [-0.2, 0) is 0 Å². The molecule has 0 saturated heterocycles. The molecule has 0 unspecified atom stereocenters. The number of anilines is 6. The monoisotopic (exact) mass is 1300 g/mol. The molecule has 0 N–H and O–H groups in total. The molecule has 22 rings (SSSR count). The van der Waals surface area contributed by atoms with Crippen molar-refractivity contribution in [1.82, 2.24) is 9.13 Å². The van der Waals surface area contributed by atoms with Gasteiger partial charge in [-0.1, -0.05) is 194 Å². The molecule has 0 radical (unpaired) electrons. The van der Waals surface area contributed by atoms with Crippen LogP contribution < -0.4 is 26.2 Å². The Bertz CT molecular complexity index is 7260. The highest BCUT2D eigenvalue weighted by atomic mass is 32.1. The molecule has 0 fully saturated rings. The molecule has 0 spiro atoms. The zero-order chi connectivity index (χ0) is 77.8. The minimum atomic E-state index is -0.739. The third-order valence-electron chi connectivity index (χ3n) is 20.0. The fourth-order valence-electron chi connectivity index (χ4n) is 15.8. The molecule has 0 amide bonds. The van der Waals surface area contributed by atoms with E-state index in [9.17, 15) is 16.4 Å². The van der Waals surface area contributed by atoms with Crippen LogP contribution in [0, 0.1) is 0 Å². The lowest BCUT2D eigenvalue weighted by Gasteiger charge is -2.45. The predicted octanol–water partition coefficient (Wildman–Crippen LogP) is 23.6. The van der Waals surface area contributed by atoms with Gasteiger partial charge in [0.2, 0.25) is 0 Å². The number of hydrogen-bond donors (Lipinski definition) is 0. The first-order valence-corrected chi connectivity index (χ1v) is 33.9. The van der Waals surface area contributed by atoms with Crippen LogP contribution in [0.4, 0.5) is 34.1 Å². The van der Waals surface area contributed by atoms with Gasteiger partial charge in [0.1, 0.15) is 11.2 Å². The van der Waals surface area contributed by atoms with Gasteiger partial charge in [-0.05, 0) is 177 Å². The summed E-state index contributed by atoms with van der Waals surface area (Å²) in [5, 5.41) is 5.33. The van der Waals surface area contributed by atoms with Gasteiger partial charge in [0.15, 0.2) is 0 Å². The van der Waals surface area contributed by atoms with E-state index in [-0.39, 0.29) is 43.6 Å². The van der Waals surface area contributed by atoms with Crippen LogP contribution in [0.25, 0.3) is 151 Å². The summed E-state index contributed by atoms with van der Waals surface area (Å²) < 4.78 is 164. The summed E-state index contributed by atoms with van der Waals surface area (Å²) >= 11 is 3.33. The average molecular weight is 1300 g/mol. The van der Waals surface area contributed by atoms with E-state index in [0.717, 1.165) is 124 Å². The van der Waals surface area contributed by atoms with Crippen LogP contribution in [0.1, 0.15) is 21.9 Å². The molecule has 20 aromatic rings. The normalized spacial score (nSPS) is 15.1. The second kappa shape index (κ2) is 20.7. The van der Waals surface area contributed by atoms with E-state index < -0.39 is 103 Å². The van der Waals surface area contributed by atoms with Gasteiger partial charge in [-0.15, -0.1) is 22.7 Å². The highest BCUT2D eigenvalue weighted by Crippen LogP contribution is 2.53. The second-order valence-electron chi connectivity index (χ2n) is 25.1. The van der Waals surface area contributed by atoms with Crippen LogP contribution >= 0.6 is 22.7 Å². The van der Waals surface area contributed by atoms with Gasteiger partial charge >= 0.3 is 0 Å². The highest BCUT2D eigenvalue weighted by Gasteiger charge is 2.45. The zero-order valence-electron chi connectivity index (χ0n) is 67.5. The van der Waals surface area contributed by atoms with Crippen molar-refractivity contribution in [2.75, 3.05) is 9.80 Å². The lowest BCUT2D eigenvalue weighted by Crippen LogP contribution is -2.61. The predicted molar refractivity (Wildman–Crippen MR) is 419 cm³/mol. The number of aromatic nitrogens is 2. The molecule has 2 aliphatic heterocycles. The standard InChI is InChI=1S/C90H53BN4OS2/c1-3-19-54(20-4-1)56-38-45-84-68(48-56)88-76(32-17-35-86(88)97-84)94-78-52-60(92-72-28-12-7-23-62(72)63-24-8-13-29-73(63)92)40-42-70(78)91-71-43-41-61(93-74-30-14-9-25-64(74)65-26-10-15-31-75(65)93)53-79(71)95(77-33-18-36-87-89(77)69-49-57(39-46-85(69)98-87)55-21-5-2-6-22-55)81-51-59(50-80(94)90(81)91)58-37-44-83-67(47-58)66-27-11-16-34-82(66)96-83/h1-53H/i7D,8D,9D,10D,12D,13D,14D,15D,23D,24D,25D,26D,28D,29D,30D,31D. The molecule has 7 heterocycles. The Morgan fingerprint density at radius 3 is 1.21 bits per heavy atom. The number of benzene rings is 15. The average Bonchev–Trinajstić information content (AvgIpc) is 1.12. The Morgan fingerprint density at radius 1 is 0.286 bits per heavy atom. The maximum atomic E-state index is 9.79. The van der Waals surface area contributed by atoms with E-state index in [1.165, 1.54) is 0 Å². The second-order valence-corrected chi connectivity index (χ2v) is 27.2. The molecule has 5 nitrogen and oxygen atoms in total. The van der Waals surface area contributed by atoms with Crippen molar-refractivity contribution < 1.29 is 26.3 Å². The van der Waals surface area contributed by atoms with Crippen molar-refractivity contribution in [3.63, 3.8) is 0 Å². The van der Waals surface area contributed by atoms with Gasteiger partial charge in [0, 0.05) is 107 Å². The van der Waals surface area contributed by atoms with Gasteiger partial charge in [0.25, 0.3) is 6.71 Å². The molecule has 8 heteroatoms. The van der Waals surface area contributed by atoms with Crippen LogP contribution in [0.15, 0.2) is 326 Å². The van der Waals surface area contributed by atoms with Crippen molar-refractivity contribution in [1.29, 1.82) is 0 Å². The first-order chi connectivity index (χ1) is 55.2. The van der Waals surface area contributed by atoms with Crippen molar-refractivity contribution in [2.24, 2.45) is 0 Å². The molecule has 0 atom stereocenters. The van der Waals surface area contributed by atoms with Crippen LogP contribution in [0.5, 0.6) is 0 Å². The zero-order valence-corrected chi connectivity index (χ0v) is 53.1. The van der Waals surface area contributed by atoms with E-state index in [4.69, 9.17) is 9.90 Å². The van der Waals surface area contributed by atoms with Gasteiger partial charge in [-0.25, -0.2) is 0 Å². The number of nitrogens with zero attached hydrogens (tertiary/aromatic N) is 4. The van der Waals surface area contributed by atoms with E-state index in [2.05, 4.69) is 131 Å². The maximum absolute atomic E-state index is 9.79. The Hall–Kier alpha value is -12.2. The minimum Gasteiger partial charge on any atom is -0.456 e. The third-order valence-corrected chi connectivity index (χ3v) is 22.2. The van der Waals surface area contributed by atoms with E-state index >= 15 is 0 Å². The van der Waals surface area contributed by atoms with Gasteiger partial charge in [-0.2, -0.15) is 0 Å². The smallest absolute Gasteiger partial charge is 0.252 e. The number of thiophene rings is 2. The van der Waals surface area contributed by atoms with E-state index in [0.29, 0.717) is 33.9 Å². The van der Waals surface area contributed by atoms with Crippen LogP contribution in [0.3, 0.4) is 0 Å². The van der Waals surface area contributed by atoms with E-state index in [1.54, 1.807) is 31.8 Å². The Balaban J connectivity index is 0.923. The number of rotatable bonds is 7. The Kier molecular flexibility index (Phi) is 8.62. The minimum absolute atomic E-state index is 0.0474. The van der Waals surface area contributed by atoms with Gasteiger partial charge in [0.05, 0.1) is 55.4 Å². The molecular weight excluding hydrogens is 1230 g/mol. The summed E-state index contributed by atoms with van der Waals surface area (Å²) in [6.07, 6.45) is 0. The summed E-state index contributed by atoms with van der Waals surface area (Å²) in [6.45, 7) is -0.739. The molecule has 15 aromatic carbocycles. The quantitative estimate of drug-likeness (QED) is 0.149. The Morgan fingerprint density at radius 2 is 0.714 bits per heavy atom. The molecular formula is C90H53BN4OS2. The third kappa shape index (κ3) is 7.78. The molecule has 98 heavy (non-hydrogen) atoms. The lowest BCUT2D eigenvalue weighted by molar-refractivity contribution is 0.669. The fourth-order valence-corrected chi connectivity index (χ4v) is 18.0. The molecule has 0 saturated carbocycles. The summed E-state index contributed by atoms with van der Waals surface area (Å²) in [5.41, 5.74) is 14.1. The highest BCUT2D eigenvalue weighted by molar-refractivity contribution is 7.26. The molecule has 2 aliphatic rings. The SMILES string of the molecule is [2H]c1c([2H])c([2H])c2c(c1[2H])c1c([2H])c([2H])c([2H])c([2H])c1n2-c1ccc2c(c1)N(c1cccc3sc4ccc(-c5ccccc5)cc4c13)c1cc(-c3ccc4oc5ccccc5c4c3)cc3c1B2c1ccc(-n2c4c([2H])c([2H])c([2H])c([2H])c4c4c([2H])c([2H])c([2H])c([2H])c42)cc1N3c1cccc2sc3ccc(-c4ccccc4)cc3c12. The van der Waals surface area contributed by atoms with Gasteiger partial charge < -0.3 is 23.4 Å². The molecule has 0 bridgehead atoms. The first-order valence-electron chi connectivity index (χ1n) is 40.3. The molecule has 454 valence electrons.